The molecule has 4 nitrogen and oxygen atoms in total. The van der Waals surface area contributed by atoms with Gasteiger partial charge in [-0.1, -0.05) is 17.7 Å². The lowest BCUT2D eigenvalue weighted by molar-refractivity contribution is -0.118. The lowest BCUT2D eigenvalue weighted by atomic mass is 9.48. The minimum Gasteiger partial charge on any atom is -0.484 e. The fourth-order valence-corrected chi connectivity index (χ4v) is 7.00. The number of carbonyl (C=O) groups excluding carboxylic acids is 1. The summed E-state index contributed by atoms with van der Waals surface area (Å²) in [7, 11) is 0. The number of aryl methyl sites for hydroxylation is 1. The molecular weight excluding hydrogens is 368 g/mol. The maximum atomic E-state index is 12.2. The topological polar surface area (TPSA) is 51.2 Å². The van der Waals surface area contributed by atoms with Gasteiger partial charge in [0.1, 0.15) is 5.75 Å². The molecule has 0 atom stereocenters. The first-order valence-electron chi connectivity index (χ1n) is 10.5. The Labute approximate surface area is 170 Å². The Balaban J connectivity index is 1.16. The standard InChI is InChI=1S/C23H28N2O2S/c1-15-2-4-20(5-3-15)27-13-21(26)25-22-24-19(14-28-22)12-23-9-16-6-17(10-23)8-18(7-16)11-23/h2-5,14,16-18H,6-13H2,1H3,(H,24,25,26). The van der Waals surface area contributed by atoms with Crippen LogP contribution in [0.15, 0.2) is 29.6 Å². The van der Waals surface area contributed by atoms with Crippen molar-refractivity contribution in [3.63, 3.8) is 0 Å². The third-order valence-corrected chi connectivity index (χ3v) is 7.72. The van der Waals surface area contributed by atoms with E-state index in [-0.39, 0.29) is 12.5 Å². The van der Waals surface area contributed by atoms with E-state index in [2.05, 4.69) is 10.7 Å². The smallest absolute Gasteiger partial charge is 0.264 e. The molecular formula is C23H28N2O2S. The SMILES string of the molecule is Cc1ccc(OCC(=O)Nc2nc(CC34CC5CC(CC(C5)C3)C4)cs2)cc1. The highest BCUT2D eigenvalue weighted by Crippen LogP contribution is 2.61. The van der Waals surface area contributed by atoms with Gasteiger partial charge in [-0.25, -0.2) is 4.98 Å². The zero-order valence-electron chi connectivity index (χ0n) is 16.4. The molecule has 1 N–H and O–H groups in total. The number of nitrogens with zero attached hydrogens (tertiary/aromatic N) is 1. The summed E-state index contributed by atoms with van der Waals surface area (Å²) in [5.74, 6) is 3.44. The van der Waals surface area contributed by atoms with Crippen molar-refractivity contribution >= 4 is 22.4 Å². The van der Waals surface area contributed by atoms with Gasteiger partial charge in [0.15, 0.2) is 11.7 Å². The normalized spacial score (nSPS) is 30.4. The Hall–Kier alpha value is -1.88. The molecule has 28 heavy (non-hydrogen) atoms. The molecule has 1 amide bonds. The quantitative estimate of drug-likeness (QED) is 0.727. The molecule has 1 heterocycles. The molecule has 4 saturated carbocycles. The third kappa shape index (κ3) is 3.82. The van der Waals surface area contributed by atoms with E-state index in [1.807, 2.05) is 31.2 Å². The van der Waals surface area contributed by atoms with Crippen LogP contribution in [0.2, 0.25) is 0 Å². The molecule has 0 spiro atoms. The summed E-state index contributed by atoms with van der Waals surface area (Å²) in [6.45, 7) is 2.03. The number of thiazole rings is 1. The second-order valence-corrected chi connectivity index (χ2v) is 10.2. The average Bonchev–Trinajstić information content (AvgIpc) is 3.06. The van der Waals surface area contributed by atoms with Crippen LogP contribution in [-0.2, 0) is 11.2 Å². The van der Waals surface area contributed by atoms with E-state index in [0.29, 0.717) is 16.3 Å². The second kappa shape index (κ2) is 7.18. The number of amides is 1. The first-order valence-corrected chi connectivity index (χ1v) is 11.4. The minimum atomic E-state index is -0.156. The van der Waals surface area contributed by atoms with Gasteiger partial charge < -0.3 is 4.74 Å². The number of carbonyl (C=O) groups is 1. The molecule has 6 rings (SSSR count). The maximum absolute atomic E-state index is 12.2. The second-order valence-electron chi connectivity index (χ2n) is 9.39. The Morgan fingerprint density at radius 3 is 2.43 bits per heavy atom. The van der Waals surface area contributed by atoms with Crippen LogP contribution in [0.4, 0.5) is 5.13 Å². The van der Waals surface area contributed by atoms with Gasteiger partial charge in [0.05, 0.1) is 5.69 Å². The predicted octanol–water partition coefficient (Wildman–Crippen LogP) is 5.23. The van der Waals surface area contributed by atoms with E-state index >= 15 is 0 Å². The molecule has 0 aliphatic heterocycles. The molecule has 4 bridgehead atoms. The molecule has 148 valence electrons. The van der Waals surface area contributed by atoms with Crippen LogP contribution in [0.1, 0.15) is 49.8 Å². The van der Waals surface area contributed by atoms with Crippen molar-refractivity contribution in [3.05, 3.63) is 40.9 Å². The fourth-order valence-electron chi connectivity index (χ4n) is 6.28. The van der Waals surface area contributed by atoms with Crippen molar-refractivity contribution in [3.8, 4) is 5.75 Å². The summed E-state index contributed by atoms with van der Waals surface area (Å²) in [6.07, 6.45) is 9.67. The van der Waals surface area contributed by atoms with Gasteiger partial charge in [-0.15, -0.1) is 11.3 Å². The van der Waals surface area contributed by atoms with Gasteiger partial charge in [0.2, 0.25) is 0 Å². The van der Waals surface area contributed by atoms with Crippen LogP contribution in [0.5, 0.6) is 5.75 Å². The lowest BCUT2D eigenvalue weighted by Gasteiger charge is -2.56. The Morgan fingerprint density at radius 1 is 1.14 bits per heavy atom. The molecule has 4 fully saturated rings. The Kier molecular flexibility index (Phi) is 4.66. The summed E-state index contributed by atoms with van der Waals surface area (Å²) in [5, 5.41) is 5.72. The summed E-state index contributed by atoms with van der Waals surface area (Å²) in [6, 6.07) is 7.72. The number of benzene rings is 1. The van der Waals surface area contributed by atoms with Gasteiger partial charge in [-0.05, 0) is 87.2 Å². The number of aromatic nitrogens is 1. The van der Waals surface area contributed by atoms with Crippen molar-refractivity contribution in [1.82, 2.24) is 4.98 Å². The van der Waals surface area contributed by atoms with Gasteiger partial charge in [0, 0.05) is 5.38 Å². The Bertz CT molecular complexity index is 822. The van der Waals surface area contributed by atoms with Crippen molar-refractivity contribution in [2.75, 3.05) is 11.9 Å². The van der Waals surface area contributed by atoms with Gasteiger partial charge in [-0.2, -0.15) is 0 Å². The summed E-state index contributed by atoms with van der Waals surface area (Å²) < 4.78 is 5.56. The summed E-state index contributed by atoms with van der Waals surface area (Å²) in [4.78, 5) is 16.9. The zero-order valence-corrected chi connectivity index (χ0v) is 17.3. The van der Waals surface area contributed by atoms with Gasteiger partial charge in [0.25, 0.3) is 5.91 Å². The highest BCUT2D eigenvalue weighted by Gasteiger charge is 2.50. The fraction of sp³-hybridized carbons (Fsp3) is 0.565. The molecule has 4 aliphatic carbocycles. The van der Waals surface area contributed by atoms with E-state index in [0.717, 1.165) is 29.9 Å². The van der Waals surface area contributed by atoms with Crippen LogP contribution >= 0.6 is 11.3 Å². The van der Waals surface area contributed by atoms with E-state index < -0.39 is 0 Å². The number of nitrogens with one attached hydrogen (secondary N) is 1. The van der Waals surface area contributed by atoms with Gasteiger partial charge in [-0.3, -0.25) is 10.1 Å². The van der Waals surface area contributed by atoms with Crippen LogP contribution in [-0.4, -0.2) is 17.5 Å². The molecule has 0 saturated heterocycles. The number of hydrogen-bond donors (Lipinski definition) is 1. The van der Waals surface area contributed by atoms with Crippen LogP contribution in [0.3, 0.4) is 0 Å². The maximum Gasteiger partial charge on any atom is 0.264 e. The Morgan fingerprint density at radius 2 is 1.79 bits per heavy atom. The van der Waals surface area contributed by atoms with Crippen molar-refractivity contribution in [1.29, 1.82) is 0 Å². The molecule has 0 radical (unpaired) electrons. The molecule has 4 aliphatic rings. The van der Waals surface area contributed by atoms with Crippen LogP contribution in [0.25, 0.3) is 0 Å². The number of rotatable bonds is 6. The van der Waals surface area contributed by atoms with Crippen LogP contribution < -0.4 is 10.1 Å². The molecule has 0 unspecified atom stereocenters. The first-order chi connectivity index (χ1) is 13.6. The predicted molar refractivity (Wildman–Crippen MR) is 112 cm³/mol. The van der Waals surface area contributed by atoms with E-state index in [1.165, 1.54) is 55.4 Å². The summed E-state index contributed by atoms with van der Waals surface area (Å²) >= 11 is 1.53. The van der Waals surface area contributed by atoms with Gasteiger partial charge >= 0.3 is 0 Å². The number of hydrogen-bond acceptors (Lipinski definition) is 4. The van der Waals surface area contributed by atoms with Crippen molar-refractivity contribution < 1.29 is 9.53 Å². The van der Waals surface area contributed by atoms with E-state index in [1.54, 1.807) is 0 Å². The van der Waals surface area contributed by atoms with E-state index in [4.69, 9.17) is 9.72 Å². The molecule has 5 heteroatoms. The molecule has 2 aromatic rings. The summed E-state index contributed by atoms with van der Waals surface area (Å²) in [5.41, 5.74) is 2.81. The highest BCUT2D eigenvalue weighted by molar-refractivity contribution is 7.13. The van der Waals surface area contributed by atoms with Crippen molar-refractivity contribution in [2.45, 2.75) is 51.9 Å². The zero-order chi connectivity index (χ0) is 19.1. The number of ether oxygens (including phenoxy) is 1. The van der Waals surface area contributed by atoms with Crippen molar-refractivity contribution in [2.24, 2.45) is 23.2 Å². The number of anilines is 1. The largest absolute Gasteiger partial charge is 0.484 e. The lowest BCUT2D eigenvalue weighted by Crippen LogP contribution is -2.47. The monoisotopic (exact) mass is 396 g/mol. The van der Waals surface area contributed by atoms with Crippen LogP contribution in [0, 0.1) is 30.1 Å². The highest BCUT2D eigenvalue weighted by atomic mass is 32.1. The average molecular weight is 397 g/mol. The third-order valence-electron chi connectivity index (χ3n) is 6.91. The van der Waals surface area contributed by atoms with E-state index in [9.17, 15) is 4.79 Å². The minimum absolute atomic E-state index is 0.00690. The molecule has 1 aromatic heterocycles. The molecule has 1 aromatic carbocycles. The first kappa shape index (κ1) is 18.2.